The van der Waals surface area contributed by atoms with Crippen molar-refractivity contribution in [2.45, 2.75) is 19.4 Å². The fraction of sp³-hybridized carbons (Fsp3) is 0.500. The number of para-hydroxylation sites is 1. The van der Waals surface area contributed by atoms with E-state index in [0.29, 0.717) is 6.61 Å². The second-order valence-corrected chi connectivity index (χ2v) is 4.02. The summed E-state index contributed by atoms with van der Waals surface area (Å²) < 4.78 is 5.66. The molecule has 0 fully saturated rings. The van der Waals surface area contributed by atoms with E-state index >= 15 is 0 Å². The molecule has 1 atom stereocenters. The summed E-state index contributed by atoms with van der Waals surface area (Å²) in [6.45, 7) is 4.43. The summed E-state index contributed by atoms with van der Waals surface area (Å²) >= 11 is 0. The Bertz CT molecular complexity index is 308. The molecule has 3 nitrogen and oxygen atoms in total. The summed E-state index contributed by atoms with van der Waals surface area (Å²) in [6, 6.07) is 7.86. The van der Waals surface area contributed by atoms with Gasteiger partial charge < -0.3 is 15.2 Å². The molecule has 0 aromatic heterocycles. The van der Waals surface area contributed by atoms with Gasteiger partial charge in [-0.1, -0.05) is 18.2 Å². The molecule has 0 aliphatic rings. The first kappa shape index (κ1) is 12.0. The van der Waals surface area contributed by atoms with Crippen LogP contribution in [-0.2, 0) is 0 Å². The SMILES string of the molecule is CNC(C)(CO)COc1ccccc1C. The smallest absolute Gasteiger partial charge is 0.122 e. The Labute approximate surface area is 91.1 Å². The molecule has 1 aromatic carbocycles. The van der Waals surface area contributed by atoms with E-state index < -0.39 is 0 Å². The van der Waals surface area contributed by atoms with Crippen LogP contribution >= 0.6 is 0 Å². The maximum absolute atomic E-state index is 9.19. The molecule has 2 N–H and O–H groups in total. The summed E-state index contributed by atoms with van der Waals surface area (Å²) in [6.07, 6.45) is 0. The van der Waals surface area contributed by atoms with Gasteiger partial charge in [-0.05, 0) is 32.5 Å². The highest BCUT2D eigenvalue weighted by Gasteiger charge is 2.21. The maximum atomic E-state index is 9.19. The largest absolute Gasteiger partial charge is 0.491 e. The number of aliphatic hydroxyl groups excluding tert-OH is 1. The summed E-state index contributed by atoms with van der Waals surface area (Å²) in [5.74, 6) is 0.868. The molecular formula is C12H19NO2. The molecule has 1 aromatic rings. The zero-order valence-electron chi connectivity index (χ0n) is 9.58. The van der Waals surface area contributed by atoms with Gasteiger partial charge in [0.05, 0.1) is 12.1 Å². The standard InChI is InChI=1S/C12H19NO2/c1-10-6-4-5-7-11(10)15-9-12(2,8-14)13-3/h4-7,13-14H,8-9H2,1-3H3. The third kappa shape index (κ3) is 3.22. The van der Waals surface area contributed by atoms with Gasteiger partial charge >= 0.3 is 0 Å². The predicted octanol–water partition coefficient (Wildman–Crippen LogP) is 1.34. The van der Waals surface area contributed by atoms with Gasteiger partial charge in [-0.25, -0.2) is 0 Å². The molecule has 1 unspecified atom stereocenters. The lowest BCUT2D eigenvalue weighted by atomic mass is 10.1. The number of hydrogen-bond donors (Lipinski definition) is 2. The van der Waals surface area contributed by atoms with E-state index in [0.717, 1.165) is 11.3 Å². The summed E-state index contributed by atoms with van der Waals surface area (Å²) in [4.78, 5) is 0. The topological polar surface area (TPSA) is 41.5 Å². The average Bonchev–Trinajstić information content (AvgIpc) is 2.28. The molecule has 1 rings (SSSR count). The van der Waals surface area contributed by atoms with Crippen LogP contribution < -0.4 is 10.1 Å². The second-order valence-electron chi connectivity index (χ2n) is 4.02. The first-order valence-corrected chi connectivity index (χ1v) is 5.09. The summed E-state index contributed by atoms with van der Waals surface area (Å²) in [5, 5.41) is 12.2. The van der Waals surface area contributed by atoms with E-state index in [4.69, 9.17) is 4.74 Å². The van der Waals surface area contributed by atoms with Gasteiger partial charge in [-0.15, -0.1) is 0 Å². The Hall–Kier alpha value is -1.06. The molecule has 84 valence electrons. The van der Waals surface area contributed by atoms with Gasteiger partial charge in [-0.3, -0.25) is 0 Å². The number of aliphatic hydroxyl groups is 1. The van der Waals surface area contributed by atoms with Crippen molar-refractivity contribution >= 4 is 0 Å². The Kier molecular flexibility index (Phi) is 4.12. The van der Waals surface area contributed by atoms with E-state index in [-0.39, 0.29) is 12.1 Å². The van der Waals surface area contributed by atoms with E-state index in [1.165, 1.54) is 0 Å². The highest BCUT2D eigenvalue weighted by atomic mass is 16.5. The van der Waals surface area contributed by atoms with Crippen LogP contribution in [0, 0.1) is 6.92 Å². The molecule has 0 amide bonds. The fourth-order valence-electron chi connectivity index (χ4n) is 1.15. The van der Waals surface area contributed by atoms with E-state index in [9.17, 15) is 5.11 Å². The van der Waals surface area contributed by atoms with Crippen molar-refractivity contribution in [3.8, 4) is 5.75 Å². The number of ether oxygens (including phenoxy) is 1. The first-order chi connectivity index (χ1) is 7.11. The predicted molar refractivity (Wildman–Crippen MR) is 61.2 cm³/mol. The van der Waals surface area contributed by atoms with Crippen molar-refractivity contribution in [3.63, 3.8) is 0 Å². The molecule has 3 heteroatoms. The zero-order chi connectivity index (χ0) is 11.3. The van der Waals surface area contributed by atoms with Crippen LogP contribution in [0.1, 0.15) is 12.5 Å². The van der Waals surface area contributed by atoms with Crippen LogP contribution in [0.3, 0.4) is 0 Å². The third-order valence-corrected chi connectivity index (χ3v) is 2.59. The van der Waals surface area contributed by atoms with Crippen molar-refractivity contribution in [1.29, 1.82) is 0 Å². The third-order valence-electron chi connectivity index (χ3n) is 2.59. The number of nitrogens with one attached hydrogen (secondary N) is 1. The van der Waals surface area contributed by atoms with E-state index in [2.05, 4.69) is 5.32 Å². The molecule has 0 aliphatic carbocycles. The van der Waals surface area contributed by atoms with Gasteiger partial charge in [-0.2, -0.15) is 0 Å². The lowest BCUT2D eigenvalue weighted by Gasteiger charge is -2.27. The average molecular weight is 209 g/mol. The summed E-state index contributed by atoms with van der Waals surface area (Å²) in [7, 11) is 1.82. The molecule has 0 radical (unpaired) electrons. The quantitative estimate of drug-likeness (QED) is 0.769. The molecule has 0 saturated carbocycles. The molecular weight excluding hydrogens is 190 g/mol. The first-order valence-electron chi connectivity index (χ1n) is 5.09. The van der Waals surface area contributed by atoms with Crippen molar-refractivity contribution in [2.75, 3.05) is 20.3 Å². The van der Waals surface area contributed by atoms with Crippen LogP contribution in [0.15, 0.2) is 24.3 Å². The Morgan fingerprint density at radius 2 is 2.07 bits per heavy atom. The molecule has 0 spiro atoms. The minimum atomic E-state index is -0.387. The number of aryl methyl sites for hydroxylation is 1. The lowest BCUT2D eigenvalue weighted by molar-refractivity contribution is 0.122. The molecule has 0 bridgehead atoms. The van der Waals surface area contributed by atoms with Gasteiger partial charge in [0.25, 0.3) is 0 Å². The summed E-state index contributed by atoms with van der Waals surface area (Å²) in [5.41, 5.74) is 0.719. The minimum absolute atomic E-state index is 0.0510. The minimum Gasteiger partial charge on any atom is -0.491 e. The fourth-order valence-corrected chi connectivity index (χ4v) is 1.15. The number of rotatable bonds is 5. The van der Waals surface area contributed by atoms with Crippen LogP contribution in [0.2, 0.25) is 0 Å². The van der Waals surface area contributed by atoms with Crippen molar-refractivity contribution in [2.24, 2.45) is 0 Å². The monoisotopic (exact) mass is 209 g/mol. The molecule has 0 heterocycles. The van der Waals surface area contributed by atoms with Gasteiger partial charge in [0, 0.05) is 0 Å². The van der Waals surface area contributed by atoms with Crippen molar-refractivity contribution < 1.29 is 9.84 Å². The number of hydrogen-bond acceptors (Lipinski definition) is 3. The van der Waals surface area contributed by atoms with Crippen LogP contribution in [-0.4, -0.2) is 30.9 Å². The van der Waals surface area contributed by atoms with Crippen LogP contribution in [0.25, 0.3) is 0 Å². The van der Waals surface area contributed by atoms with Gasteiger partial charge in [0.15, 0.2) is 0 Å². The maximum Gasteiger partial charge on any atom is 0.122 e. The van der Waals surface area contributed by atoms with Crippen molar-refractivity contribution in [3.05, 3.63) is 29.8 Å². The number of benzene rings is 1. The Morgan fingerprint density at radius 3 is 2.60 bits per heavy atom. The highest BCUT2D eigenvalue weighted by Crippen LogP contribution is 2.17. The van der Waals surface area contributed by atoms with Crippen LogP contribution in [0.5, 0.6) is 5.75 Å². The molecule has 0 saturated heterocycles. The normalized spacial score (nSPS) is 14.7. The van der Waals surface area contributed by atoms with Crippen molar-refractivity contribution in [1.82, 2.24) is 5.32 Å². The Balaban J connectivity index is 2.61. The lowest BCUT2D eigenvalue weighted by Crippen LogP contribution is -2.48. The number of likely N-dealkylation sites (N-methyl/N-ethyl adjacent to an activating group) is 1. The van der Waals surface area contributed by atoms with E-state index in [1.807, 2.05) is 45.2 Å². The van der Waals surface area contributed by atoms with Gasteiger partial charge in [0.1, 0.15) is 12.4 Å². The molecule has 0 aliphatic heterocycles. The highest BCUT2D eigenvalue weighted by molar-refractivity contribution is 5.31. The van der Waals surface area contributed by atoms with E-state index in [1.54, 1.807) is 0 Å². The second kappa shape index (κ2) is 5.14. The molecule has 15 heavy (non-hydrogen) atoms. The van der Waals surface area contributed by atoms with Crippen LogP contribution in [0.4, 0.5) is 0 Å². The zero-order valence-corrected chi connectivity index (χ0v) is 9.58. The van der Waals surface area contributed by atoms with Gasteiger partial charge in [0.2, 0.25) is 0 Å². The Morgan fingerprint density at radius 1 is 1.40 bits per heavy atom.